The zero-order valence-electron chi connectivity index (χ0n) is 14.9. The van der Waals surface area contributed by atoms with Gasteiger partial charge in [-0.05, 0) is 12.5 Å². The summed E-state index contributed by atoms with van der Waals surface area (Å²) in [5.41, 5.74) is 0.467. The van der Waals surface area contributed by atoms with E-state index in [2.05, 4.69) is 0 Å². The number of hydrogen-bond donors (Lipinski definition) is 1. The molecule has 1 saturated heterocycles. The van der Waals surface area contributed by atoms with Gasteiger partial charge in [0.2, 0.25) is 0 Å². The lowest BCUT2D eigenvalue weighted by Gasteiger charge is -2.25. The van der Waals surface area contributed by atoms with Crippen LogP contribution in [0.4, 0.5) is 4.39 Å². The van der Waals surface area contributed by atoms with E-state index in [1.54, 1.807) is 36.4 Å². The maximum atomic E-state index is 14.5. The fourth-order valence-electron chi connectivity index (χ4n) is 3.26. The molecule has 0 aromatic heterocycles. The molecule has 1 N–H and O–H groups in total. The van der Waals surface area contributed by atoms with E-state index >= 15 is 0 Å². The van der Waals surface area contributed by atoms with Crippen molar-refractivity contribution in [3.8, 4) is 0 Å². The molecule has 0 unspecified atom stereocenters. The molecule has 6 heteroatoms. The van der Waals surface area contributed by atoms with E-state index in [9.17, 15) is 19.1 Å². The fraction of sp³-hybridized carbons (Fsp3) is 0.238. The molecule has 0 aliphatic carbocycles. The van der Waals surface area contributed by atoms with Crippen molar-refractivity contribution < 1.29 is 23.8 Å². The standard InChI is InChI=1S/C21H20FNO4/c1-27-13-7-12-23-18(15-10-5-6-11-16(15)22)17(20(25)21(23)26)19(24)14-8-3-2-4-9-14/h2-6,8-11,18,24H,7,12-13H2,1H3/t18-/m1/s1. The number of benzene rings is 2. The number of amides is 1. The first kappa shape index (κ1) is 18.8. The Kier molecular flexibility index (Phi) is 5.66. The molecule has 0 saturated carbocycles. The predicted molar refractivity (Wildman–Crippen MR) is 98.3 cm³/mol. The number of nitrogens with zero attached hydrogens (tertiary/aromatic N) is 1. The largest absolute Gasteiger partial charge is 0.507 e. The molecule has 27 heavy (non-hydrogen) atoms. The van der Waals surface area contributed by atoms with Crippen molar-refractivity contribution in [2.75, 3.05) is 20.3 Å². The molecule has 2 aromatic rings. The Balaban J connectivity index is 2.14. The summed E-state index contributed by atoms with van der Waals surface area (Å²) in [4.78, 5) is 26.6. The van der Waals surface area contributed by atoms with Crippen molar-refractivity contribution in [2.45, 2.75) is 12.5 Å². The Labute approximate surface area is 156 Å². The fourth-order valence-corrected chi connectivity index (χ4v) is 3.26. The molecule has 1 aliphatic rings. The molecular weight excluding hydrogens is 349 g/mol. The molecule has 0 spiro atoms. The first-order chi connectivity index (χ1) is 13.1. The van der Waals surface area contributed by atoms with Crippen LogP contribution in [0.5, 0.6) is 0 Å². The third-order valence-electron chi connectivity index (χ3n) is 4.53. The Hall–Kier alpha value is -2.99. The molecule has 1 heterocycles. The van der Waals surface area contributed by atoms with E-state index in [0.29, 0.717) is 18.6 Å². The summed E-state index contributed by atoms with van der Waals surface area (Å²) in [5.74, 6) is -2.42. The monoisotopic (exact) mass is 369 g/mol. The van der Waals surface area contributed by atoms with E-state index in [1.165, 1.54) is 30.2 Å². The van der Waals surface area contributed by atoms with Crippen LogP contribution in [0, 0.1) is 5.82 Å². The minimum atomic E-state index is -0.983. The minimum Gasteiger partial charge on any atom is -0.507 e. The summed E-state index contributed by atoms with van der Waals surface area (Å²) < 4.78 is 19.5. The zero-order valence-corrected chi connectivity index (χ0v) is 14.9. The van der Waals surface area contributed by atoms with Crippen molar-refractivity contribution in [1.82, 2.24) is 4.90 Å². The highest BCUT2D eigenvalue weighted by Gasteiger charge is 2.46. The zero-order chi connectivity index (χ0) is 19.4. The number of ketones is 1. The van der Waals surface area contributed by atoms with Crippen LogP contribution in [0.3, 0.4) is 0 Å². The van der Waals surface area contributed by atoms with Crippen molar-refractivity contribution >= 4 is 17.4 Å². The molecule has 0 radical (unpaired) electrons. The van der Waals surface area contributed by atoms with E-state index < -0.39 is 23.5 Å². The van der Waals surface area contributed by atoms with Gasteiger partial charge in [0.25, 0.3) is 11.7 Å². The van der Waals surface area contributed by atoms with Gasteiger partial charge in [-0.1, -0.05) is 48.5 Å². The highest BCUT2D eigenvalue weighted by Crippen LogP contribution is 2.40. The van der Waals surface area contributed by atoms with Crippen molar-refractivity contribution in [3.05, 3.63) is 77.1 Å². The Morgan fingerprint density at radius 1 is 1.11 bits per heavy atom. The molecule has 0 bridgehead atoms. The van der Waals surface area contributed by atoms with Gasteiger partial charge in [-0.25, -0.2) is 4.39 Å². The summed E-state index contributed by atoms with van der Waals surface area (Å²) in [7, 11) is 1.54. The van der Waals surface area contributed by atoms with Crippen LogP contribution in [-0.2, 0) is 14.3 Å². The van der Waals surface area contributed by atoms with Crippen LogP contribution < -0.4 is 0 Å². The second-order valence-corrected chi connectivity index (χ2v) is 6.23. The van der Waals surface area contributed by atoms with Crippen LogP contribution in [-0.4, -0.2) is 42.0 Å². The number of carbonyl (C=O) groups excluding carboxylic acids is 2. The molecule has 140 valence electrons. The number of halogens is 1. The number of aliphatic hydroxyl groups is 1. The van der Waals surface area contributed by atoms with Gasteiger partial charge in [-0.3, -0.25) is 9.59 Å². The van der Waals surface area contributed by atoms with Gasteiger partial charge >= 0.3 is 0 Å². The van der Waals surface area contributed by atoms with Crippen molar-refractivity contribution in [2.24, 2.45) is 0 Å². The molecular formula is C21H20FNO4. The normalized spacial score (nSPS) is 18.9. The van der Waals surface area contributed by atoms with Crippen LogP contribution in [0.15, 0.2) is 60.2 Å². The number of aliphatic hydroxyl groups excluding tert-OH is 1. The summed E-state index contributed by atoms with van der Waals surface area (Å²) in [6, 6.07) is 13.4. The van der Waals surface area contributed by atoms with Gasteiger partial charge < -0.3 is 14.7 Å². The molecule has 1 atom stereocenters. The molecule has 3 rings (SSSR count). The van der Waals surface area contributed by atoms with Gasteiger partial charge in [-0.2, -0.15) is 0 Å². The Morgan fingerprint density at radius 2 is 1.78 bits per heavy atom. The Morgan fingerprint density at radius 3 is 2.44 bits per heavy atom. The first-order valence-corrected chi connectivity index (χ1v) is 8.63. The Bertz CT molecular complexity index is 879. The average molecular weight is 369 g/mol. The average Bonchev–Trinajstić information content (AvgIpc) is 2.93. The number of ether oxygens (including phenoxy) is 1. The van der Waals surface area contributed by atoms with Gasteiger partial charge in [-0.15, -0.1) is 0 Å². The predicted octanol–water partition coefficient (Wildman–Crippen LogP) is 3.28. The van der Waals surface area contributed by atoms with E-state index in [0.717, 1.165) is 0 Å². The maximum absolute atomic E-state index is 14.5. The molecule has 2 aromatic carbocycles. The van der Waals surface area contributed by atoms with E-state index in [1.807, 2.05) is 0 Å². The van der Waals surface area contributed by atoms with E-state index in [-0.39, 0.29) is 23.4 Å². The second-order valence-electron chi connectivity index (χ2n) is 6.23. The highest BCUT2D eigenvalue weighted by molar-refractivity contribution is 6.46. The summed E-state index contributed by atoms with van der Waals surface area (Å²) in [6.45, 7) is 0.606. The first-order valence-electron chi connectivity index (χ1n) is 8.63. The second kappa shape index (κ2) is 8.14. The number of carbonyl (C=O) groups is 2. The smallest absolute Gasteiger partial charge is 0.295 e. The van der Waals surface area contributed by atoms with Gasteiger partial charge in [0.05, 0.1) is 11.6 Å². The number of methoxy groups -OCH3 is 1. The highest BCUT2D eigenvalue weighted by atomic mass is 19.1. The number of Topliss-reactive ketones (excluding diaryl/α,β-unsaturated/α-hetero) is 1. The lowest BCUT2D eigenvalue weighted by Crippen LogP contribution is -2.31. The van der Waals surface area contributed by atoms with Crippen LogP contribution in [0.1, 0.15) is 23.6 Å². The minimum absolute atomic E-state index is 0.103. The lowest BCUT2D eigenvalue weighted by atomic mass is 9.95. The van der Waals surface area contributed by atoms with Gasteiger partial charge in [0.15, 0.2) is 0 Å². The van der Waals surface area contributed by atoms with E-state index in [4.69, 9.17) is 4.74 Å². The summed E-state index contributed by atoms with van der Waals surface area (Å²) in [5, 5.41) is 10.8. The molecule has 1 fully saturated rings. The van der Waals surface area contributed by atoms with Crippen LogP contribution in [0.2, 0.25) is 0 Å². The molecule has 1 amide bonds. The lowest BCUT2D eigenvalue weighted by molar-refractivity contribution is -0.140. The number of likely N-dealkylation sites (tertiary alicyclic amines) is 1. The molecule has 5 nitrogen and oxygen atoms in total. The number of hydrogen-bond acceptors (Lipinski definition) is 4. The maximum Gasteiger partial charge on any atom is 0.295 e. The topological polar surface area (TPSA) is 66.8 Å². The number of rotatable bonds is 6. The third-order valence-corrected chi connectivity index (χ3v) is 4.53. The summed E-state index contributed by atoms with van der Waals surface area (Å²) in [6.07, 6.45) is 0.486. The quantitative estimate of drug-likeness (QED) is 0.367. The SMILES string of the molecule is COCCCN1C(=O)C(=O)C(=C(O)c2ccccc2)[C@H]1c1ccccc1F. The van der Waals surface area contributed by atoms with Gasteiger partial charge in [0, 0.05) is 31.4 Å². The third kappa shape index (κ3) is 3.61. The summed E-state index contributed by atoms with van der Waals surface area (Å²) >= 11 is 0. The van der Waals surface area contributed by atoms with Crippen molar-refractivity contribution in [3.63, 3.8) is 0 Å². The van der Waals surface area contributed by atoms with Crippen LogP contribution >= 0.6 is 0 Å². The van der Waals surface area contributed by atoms with Crippen molar-refractivity contribution in [1.29, 1.82) is 0 Å². The van der Waals surface area contributed by atoms with Crippen LogP contribution in [0.25, 0.3) is 5.76 Å². The van der Waals surface area contributed by atoms with Gasteiger partial charge in [0.1, 0.15) is 11.6 Å². The molecule has 1 aliphatic heterocycles.